The van der Waals surface area contributed by atoms with Gasteiger partial charge in [-0.1, -0.05) is 17.4 Å². The minimum Gasteiger partial charge on any atom is -0.206 e. The summed E-state index contributed by atoms with van der Waals surface area (Å²) in [5.41, 5.74) is -1.51. The number of alkyl halides is 4. The summed E-state index contributed by atoms with van der Waals surface area (Å²) in [4.78, 5) is 0. The second kappa shape index (κ2) is 5.42. The van der Waals surface area contributed by atoms with E-state index in [1.165, 1.54) is 6.07 Å². The van der Waals surface area contributed by atoms with Gasteiger partial charge in [-0.2, -0.15) is 13.2 Å². The van der Waals surface area contributed by atoms with Crippen LogP contribution in [0, 0.1) is 5.82 Å². The van der Waals surface area contributed by atoms with E-state index in [2.05, 4.69) is 10.2 Å². The van der Waals surface area contributed by atoms with Crippen LogP contribution in [-0.2, 0) is 12.6 Å². The van der Waals surface area contributed by atoms with E-state index in [0.29, 0.717) is 23.4 Å². The number of hydrogen-bond donors (Lipinski definition) is 0. The van der Waals surface area contributed by atoms with Crippen molar-refractivity contribution >= 4 is 22.9 Å². The normalized spacial score (nSPS) is 11.8. The fourth-order valence-corrected chi connectivity index (χ4v) is 2.61. The molecule has 1 aromatic heterocycles. The third-order valence-electron chi connectivity index (χ3n) is 2.31. The Bertz CT molecular complexity index is 582. The lowest BCUT2D eigenvalue weighted by Gasteiger charge is -2.09. The molecule has 0 saturated carbocycles. The molecular formula is C11H7ClF4N2S. The SMILES string of the molecule is Fc1c(-c2nnc(CCCl)s2)cccc1C(F)(F)F. The lowest BCUT2D eigenvalue weighted by atomic mass is 10.1. The quantitative estimate of drug-likeness (QED) is 0.629. The number of benzene rings is 1. The van der Waals surface area contributed by atoms with Crippen LogP contribution in [0.2, 0.25) is 0 Å². The molecule has 0 aliphatic heterocycles. The van der Waals surface area contributed by atoms with Gasteiger partial charge in [0, 0.05) is 17.9 Å². The maximum Gasteiger partial charge on any atom is 0.419 e. The summed E-state index contributed by atoms with van der Waals surface area (Å²) in [5, 5.41) is 8.11. The highest BCUT2D eigenvalue weighted by Gasteiger charge is 2.35. The smallest absolute Gasteiger partial charge is 0.206 e. The molecule has 0 amide bonds. The van der Waals surface area contributed by atoms with Crippen molar-refractivity contribution in [3.8, 4) is 10.6 Å². The second-order valence-electron chi connectivity index (χ2n) is 3.60. The maximum atomic E-state index is 13.8. The number of hydrogen-bond acceptors (Lipinski definition) is 3. The fraction of sp³-hybridized carbons (Fsp3) is 0.273. The minimum absolute atomic E-state index is 0.115. The molecule has 1 heterocycles. The zero-order chi connectivity index (χ0) is 14.0. The third kappa shape index (κ3) is 3.03. The first kappa shape index (κ1) is 14.2. The van der Waals surface area contributed by atoms with Crippen molar-refractivity contribution in [2.24, 2.45) is 0 Å². The molecule has 102 valence electrons. The van der Waals surface area contributed by atoms with E-state index in [1.54, 1.807) is 0 Å². The van der Waals surface area contributed by atoms with E-state index in [-0.39, 0.29) is 10.6 Å². The molecule has 2 rings (SSSR count). The number of aryl methyl sites for hydroxylation is 1. The molecule has 0 N–H and O–H groups in total. The summed E-state index contributed by atoms with van der Waals surface area (Å²) in [6.07, 6.45) is -4.29. The Labute approximate surface area is 115 Å². The van der Waals surface area contributed by atoms with Crippen LogP contribution in [0.1, 0.15) is 10.6 Å². The Balaban J connectivity index is 2.45. The molecule has 0 aliphatic rings. The number of aromatic nitrogens is 2. The number of halogens is 5. The van der Waals surface area contributed by atoms with Crippen LogP contribution in [-0.4, -0.2) is 16.1 Å². The van der Waals surface area contributed by atoms with Gasteiger partial charge >= 0.3 is 6.18 Å². The topological polar surface area (TPSA) is 25.8 Å². The van der Waals surface area contributed by atoms with E-state index in [9.17, 15) is 17.6 Å². The Kier molecular flexibility index (Phi) is 4.05. The second-order valence-corrected chi connectivity index (χ2v) is 5.04. The summed E-state index contributed by atoms with van der Waals surface area (Å²) < 4.78 is 51.6. The van der Waals surface area contributed by atoms with Gasteiger partial charge in [0.25, 0.3) is 0 Å². The molecule has 8 heteroatoms. The zero-order valence-corrected chi connectivity index (χ0v) is 10.9. The summed E-state index contributed by atoms with van der Waals surface area (Å²) in [7, 11) is 0. The molecule has 2 aromatic rings. The summed E-state index contributed by atoms with van der Waals surface area (Å²) >= 11 is 6.55. The summed E-state index contributed by atoms with van der Waals surface area (Å²) in [6.45, 7) is 0. The first-order valence-electron chi connectivity index (χ1n) is 5.18. The van der Waals surface area contributed by atoms with Crippen molar-refractivity contribution in [3.63, 3.8) is 0 Å². The van der Waals surface area contributed by atoms with Crippen molar-refractivity contribution < 1.29 is 17.6 Å². The van der Waals surface area contributed by atoms with Gasteiger partial charge in [-0.05, 0) is 12.1 Å². The number of rotatable bonds is 3. The first-order valence-corrected chi connectivity index (χ1v) is 6.53. The average Bonchev–Trinajstić information content (AvgIpc) is 2.76. The molecule has 0 aliphatic carbocycles. The average molecular weight is 311 g/mol. The van der Waals surface area contributed by atoms with Gasteiger partial charge in [0.15, 0.2) is 5.01 Å². The Morgan fingerprint density at radius 3 is 2.58 bits per heavy atom. The van der Waals surface area contributed by atoms with E-state index in [1.807, 2.05) is 0 Å². The fourth-order valence-electron chi connectivity index (χ4n) is 1.46. The molecule has 1 aromatic carbocycles. The molecule has 0 saturated heterocycles. The van der Waals surface area contributed by atoms with Crippen molar-refractivity contribution in [1.29, 1.82) is 0 Å². The van der Waals surface area contributed by atoms with E-state index in [4.69, 9.17) is 11.6 Å². The molecule has 19 heavy (non-hydrogen) atoms. The predicted molar refractivity (Wildman–Crippen MR) is 64.7 cm³/mol. The monoisotopic (exact) mass is 310 g/mol. The van der Waals surface area contributed by atoms with Crippen LogP contribution in [0.5, 0.6) is 0 Å². The Morgan fingerprint density at radius 2 is 1.95 bits per heavy atom. The van der Waals surface area contributed by atoms with Crippen LogP contribution in [0.4, 0.5) is 17.6 Å². The van der Waals surface area contributed by atoms with Gasteiger partial charge in [-0.3, -0.25) is 0 Å². The van der Waals surface area contributed by atoms with Crippen molar-refractivity contribution in [2.45, 2.75) is 12.6 Å². The molecule has 0 atom stereocenters. The number of nitrogens with zero attached hydrogens (tertiary/aromatic N) is 2. The van der Waals surface area contributed by atoms with Crippen molar-refractivity contribution in [1.82, 2.24) is 10.2 Å². The van der Waals surface area contributed by atoms with Gasteiger partial charge < -0.3 is 0 Å². The van der Waals surface area contributed by atoms with Crippen LogP contribution in [0.15, 0.2) is 18.2 Å². The largest absolute Gasteiger partial charge is 0.419 e. The van der Waals surface area contributed by atoms with Crippen molar-refractivity contribution in [3.05, 3.63) is 34.6 Å². The van der Waals surface area contributed by atoms with Gasteiger partial charge in [-0.25, -0.2) is 4.39 Å². The lowest BCUT2D eigenvalue weighted by molar-refractivity contribution is -0.139. The van der Waals surface area contributed by atoms with E-state index >= 15 is 0 Å². The van der Waals surface area contributed by atoms with Gasteiger partial charge in [0.1, 0.15) is 10.8 Å². The highest BCUT2D eigenvalue weighted by molar-refractivity contribution is 7.14. The Morgan fingerprint density at radius 1 is 1.21 bits per heavy atom. The third-order valence-corrected chi connectivity index (χ3v) is 3.52. The molecular weight excluding hydrogens is 304 g/mol. The van der Waals surface area contributed by atoms with Crippen LogP contribution >= 0.6 is 22.9 Å². The van der Waals surface area contributed by atoms with Crippen LogP contribution in [0.25, 0.3) is 10.6 Å². The first-order chi connectivity index (χ1) is 8.93. The van der Waals surface area contributed by atoms with Gasteiger partial charge in [-0.15, -0.1) is 21.8 Å². The van der Waals surface area contributed by atoms with Crippen LogP contribution in [0.3, 0.4) is 0 Å². The molecule has 0 bridgehead atoms. The summed E-state index contributed by atoms with van der Waals surface area (Å²) in [5.74, 6) is -1.01. The molecule has 2 nitrogen and oxygen atoms in total. The van der Waals surface area contributed by atoms with Crippen molar-refractivity contribution in [2.75, 3.05) is 5.88 Å². The maximum absolute atomic E-state index is 13.8. The molecule has 0 fully saturated rings. The molecule has 0 radical (unpaired) electrons. The summed E-state index contributed by atoms with van der Waals surface area (Å²) in [6, 6.07) is 3.08. The minimum atomic E-state index is -4.73. The molecule has 0 unspecified atom stereocenters. The predicted octanol–water partition coefficient (Wildman–Crippen LogP) is 4.14. The lowest BCUT2D eigenvalue weighted by Crippen LogP contribution is -2.08. The molecule has 0 spiro atoms. The van der Waals surface area contributed by atoms with Gasteiger partial charge in [0.05, 0.1) is 5.56 Å². The van der Waals surface area contributed by atoms with Gasteiger partial charge in [0.2, 0.25) is 0 Å². The van der Waals surface area contributed by atoms with E-state index in [0.717, 1.165) is 17.4 Å². The zero-order valence-electron chi connectivity index (χ0n) is 9.34. The standard InChI is InChI=1S/C11H7ClF4N2S/c12-5-4-8-17-18-10(19-8)6-2-1-3-7(9(6)13)11(14,15)16/h1-3H,4-5H2. The Hall–Kier alpha value is -1.21. The highest BCUT2D eigenvalue weighted by Crippen LogP contribution is 2.36. The van der Waals surface area contributed by atoms with E-state index < -0.39 is 17.6 Å². The highest BCUT2D eigenvalue weighted by atomic mass is 35.5. The van der Waals surface area contributed by atoms with Crippen LogP contribution < -0.4 is 0 Å².